The number of hydrogen-bond acceptors (Lipinski definition) is 5. The van der Waals surface area contributed by atoms with E-state index in [4.69, 9.17) is 4.74 Å². The number of hydrogen-bond donors (Lipinski definition) is 1. The molecular formula is C22H22ClF3N4O3. The molecule has 1 aromatic carbocycles. The molecule has 0 bridgehead atoms. The van der Waals surface area contributed by atoms with Crippen LogP contribution in [0.2, 0.25) is 0 Å². The Morgan fingerprint density at radius 2 is 1.94 bits per heavy atom. The summed E-state index contributed by atoms with van der Waals surface area (Å²) in [5.41, 5.74) is 1.34. The SMILES string of the molecule is Cc1cccc(N2C[C@]3(CC[C@@H](c4nc5cc(OC(F)(F)F)ccc5[nH]4)CC3)OC2=O)n1.Cl. The Kier molecular flexibility index (Phi) is 5.90. The zero-order valence-corrected chi connectivity index (χ0v) is 18.5. The smallest absolute Gasteiger partial charge is 0.441 e. The second-order valence-corrected chi connectivity index (χ2v) is 8.40. The first-order chi connectivity index (χ1) is 15.2. The first kappa shape index (κ1) is 23.2. The van der Waals surface area contributed by atoms with E-state index in [0.29, 0.717) is 36.2 Å². The Balaban J connectivity index is 0.00000259. The number of carbonyl (C=O) groups is 1. The zero-order valence-electron chi connectivity index (χ0n) is 17.7. The number of halogens is 4. The van der Waals surface area contributed by atoms with Gasteiger partial charge in [-0.05, 0) is 56.9 Å². The number of rotatable bonds is 3. The maximum Gasteiger partial charge on any atom is 0.573 e. The van der Waals surface area contributed by atoms with E-state index in [9.17, 15) is 18.0 Å². The number of nitrogens with one attached hydrogen (secondary N) is 1. The van der Waals surface area contributed by atoms with Crippen LogP contribution < -0.4 is 9.64 Å². The van der Waals surface area contributed by atoms with Crippen molar-refractivity contribution in [1.29, 1.82) is 0 Å². The summed E-state index contributed by atoms with van der Waals surface area (Å²) in [5.74, 6) is 1.11. The average molecular weight is 483 g/mol. The lowest BCUT2D eigenvalue weighted by Crippen LogP contribution is -2.38. The van der Waals surface area contributed by atoms with E-state index < -0.39 is 12.0 Å². The summed E-state index contributed by atoms with van der Waals surface area (Å²) in [4.78, 5) is 26.2. The molecule has 1 aliphatic carbocycles. The monoisotopic (exact) mass is 482 g/mol. The fourth-order valence-corrected chi connectivity index (χ4v) is 4.55. The Bertz CT molecular complexity index is 1180. The molecule has 11 heteroatoms. The van der Waals surface area contributed by atoms with Crippen LogP contribution in [0.25, 0.3) is 11.0 Å². The number of imidazole rings is 1. The first-order valence-corrected chi connectivity index (χ1v) is 10.4. The van der Waals surface area contributed by atoms with Gasteiger partial charge < -0.3 is 14.5 Å². The summed E-state index contributed by atoms with van der Waals surface area (Å²) in [6.45, 7) is 2.32. The van der Waals surface area contributed by atoms with E-state index in [1.54, 1.807) is 11.0 Å². The standard InChI is InChI=1S/C22H21F3N4O3.ClH/c1-13-3-2-4-18(26-13)29-12-21(32-20(29)30)9-7-14(8-10-21)19-27-16-6-5-15(11-17(16)28-19)31-22(23,24)25;/h2-6,11,14H,7-10,12H2,1H3,(H,27,28);1H/t14-,21-;. The fraction of sp³-hybridized carbons (Fsp3) is 0.409. The number of benzene rings is 1. The Labute approximate surface area is 193 Å². The van der Waals surface area contributed by atoms with E-state index in [1.807, 2.05) is 19.1 Å². The summed E-state index contributed by atoms with van der Waals surface area (Å²) in [7, 11) is 0. The van der Waals surface area contributed by atoms with Crippen molar-refractivity contribution in [2.45, 2.75) is 50.5 Å². The van der Waals surface area contributed by atoms with Crippen LogP contribution in [-0.4, -0.2) is 39.6 Å². The first-order valence-electron chi connectivity index (χ1n) is 10.4. The normalized spacial score (nSPS) is 23.0. The lowest BCUT2D eigenvalue weighted by Gasteiger charge is -2.34. The van der Waals surface area contributed by atoms with Crippen molar-refractivity contribution in [1.82, 2.24) is 15.0 Å². The summed E-state index contributed by atoms with van der Waals surface area (Å²) in [6.07, 6.45) is -2.30. The van der Waals surface area contributed by atoms with E-state index in [0.717, 1.165) is 24.4 Å². The van der Waals surface area contributed by atoms with Crippen LogP contribution in [0, 0.1) is 6.92 Å². The number of nitrogens with zero attached hydrogens (tertiary/aromatic N) is 3. The van der Waals surface area contributed by atoms with Crippen LogP contribution in [0.5, 0.6) is 5.75 Å². The highest BCUT2D eigenvalue weighted by atomic mass is 35.5. The maximum atomic E-state index is 12.5. The van der Waals surface area contributed by atoms with Gasteiger partial charge in [0.25, 0.3) is 0 Å². The van der Waals surface area contributed by atoms with Crippen molar-refractivity contribution >= 4 is 35.4 Å². The van der Waals surface area contributed by atoms with Gasteiger partial charge in [-0.25, -0.2) is 14.8 Å². The predicted molar refractivity (Wildman–Crippen MR) is 117 cm³/mol. The molecule has 0 unspecified atom stereocenters. The molecule has 1 saturated carbocycles. The third-order valence-corrected chi connectivity index (χ3v) is 6.11. The van der Waals surface area contributed by atoms with E-state index in [-0.39, 0.29) is 30.2 Å². The molecule has 3 aromatic rings. The largest absolute Gasteiger partial charge is 0.573 e. The van der Waals surface area contributed by atoms with Crippen molar-refractivity contribution in [2.24, 2.45) is 0 Å². The van der Waals surface area contributed by atoms with Gasteiger partial charge in [0.2, 0.25) is 0 Å². The molecule has 176 valence electrons. The highest BCUT2D eigenvalue weighted by Gasteiger charge is 2.48. The average Bonchev–Trinajstić information content (AvgIpc) is 3.28. The molecule has 0 radical (unpaired) electrons. The number of pyridine rings is 1. The van der Waals surface area contributed by atoms with Crippen LogP contribution in [0.1, 0.15) is 43.1 Å². The van der Waals surface area contributed by atoms with Gasteiger partial charge in [-0.1, -0.05) is 6.07 Å². The van der Waals surface area contributed by atoms with Gasteiger partial charge in [0.15, 0.2) is 0 Å². The van der Waals surface area contributed by atoms with Gasteiger partial charge in [-0.15, -0.1) is 25.6 Å². The Hall–Kier alpha value is -3.01. The molecule has 1 spiro atoms. The molecule has 1 amide bonds. The van der Waals surface area contributed by atoms with Crippen LogP contribution in [0.15, 0.2) is 36.4 Å². The summed E-state index contributed by atoms with van der Waals surface area (Å²) in [5, 5.41) is 0. The van der Waals surface area contributed by atoms with E-state index in [2.05, 4.69) is 19.7 Å². The van der Waals surface area contributed by atoms with Crippen LogP contribution in [-0.2, 0) is 4.74 Å². The number of fused-ring (bicyclic) bond motifs is 1. The number of aromatic nitrogens is 3. The summed E-state index contributed by atoms with van der Waals surface area (Å²) < 4.78 is 47.2. The number of anilines is 1. The van der Waals surface area contributed by atoms with Gasteiger partial charge >= 0.3 is 12.5 Å². The van der Waals surface area contributed by atoms with Gasteiger partial charge in [0.05, 0.1) is 17.6 Å². The molecule has 5 rings (SSSR count). The topological polar surface area (TPSA) is 80.3 Å². The van der Waals surface area contributed by atoms with Gasteiger partial charge in [-0.3, -0.25) is 4.90 Å². The molecule has 0 atom stereocenters. The molecule has 2 fully saturated rings. The van der Waals surface area contributed by atoms with Gasteiger partial charge in [-0.2, -0.15) is 0 Å². The van der Waals surface area contributed by atoms with Crippen molar-refractivity contribution in [2.75, 3.05) is 11.4 Å². The molecule has 1 saturated heterocycles. The number of carbonyl (C=O) groups excluding carboxylic acids is 1. The molecule has 33 heavy (non-hydrogen) atoms. The quantitative estimate of drug-likeness (QED) is 0.522. The number of ether oxygens (including phenoxy) is 2. The molecule has 2 aromatic heterocycles. The van der Waals surface area contributed by atoms with Crippen LogP contribution >= 0.6 is 12.4 Å². The third kappa shape index (κ3) is 4.71. The van der Waals surface area contributed by atoms with Crippen LogP contribution in [0.3, 0.4) is 0 Å². The van der Waals surface area contributed by atoms with E-state index in [1.165, 1.54) is 18.2 Å². The lowest BCUT2D eigenvalue weighted by molar-refractivity contribution is -0.274. The maximum absolute atomic E-state index is 12.5. The fourth-order valence-electron chi connectivity index (χ4n) is 4.55. The predicted octanol–water partition coefficient (Wildman–Crippen LogP) is 5.64. The number of aryl methyl sites for hydroxylation is 1. The molecule has 7 nitrogen and oxygen atoms in total. The Morgan fingerprint density at radius 1 is 1.18 bits per heavy atom. The van der Waals surface area contributed by atoms with Gasteiger partial charge in [0, 0.05) is 17.7 Å². The summed E-state index contributed by atoms with van der Waals surface area (Å²) >= 11 is 0. The number of aromatic amines is 1. The molecule has 1 aliphatic heterocycles. The van der Waals surface area contributed by atoms with Crippen molar-refractivity contribution in [3.05, 3.63) is 47.9 Å². The minimum atomic E-state index is -4.74. The molecule has 3 heterocycles. The van der Waals surface area contributed by atoms with Gasteiger partial charge in [0.1, 0.15) is 23.0 Å². The number of amides is 1. The number of H-pyrrole nitrogens is 1. The Morgan fingerprint density at radius 3 is 2.64 bits per heavy atom. The van der Waals surface area contributed by atoms with Crippen molar-refractivity contribution in [3.8, 4) is 5.75 Å². The lowest BCUT2D eigenvalue weighted by atomic mass is 9.78. The summed E-state index contributed by atoms with van der Waals surface area (Å²) in [6, 6.07) is 9.60. The minimum Gasteiger partial charge on any atom is -0.441 e. The van der Waals surface area contributed by atoms with Crippen molar-refractivity contribution in [3.63, 3.8) is 0 Å². The minimum absolute atomic E-state index is 0. The van der Waals surface area contributed by atoms with E-state index >= 15 is 0 Å². The highest BCUT2D eigenvalue weighted by molar-refractivity contribution is 5.89. The second kappa shape index (κ2) is 8.40. The molecule has 1 N–H and O–H groups in total. The number of alkyl halides is 3. The van der Waals surface area contributed by atoms with Crippen molar-refractivity contribution < 1.29 is 27.4 Å². The molecule has 2 aliphatic rings. The zero-order chi connectivity index (χ0) is 22.5. The van der Waals surface area contributed by atoms with Crippen LogP contribution in [0.4, 0.5) is 23.8 Å². The molecular weight excluding hydrogens is 461 g/mol. The second-order valence-electron chi connectivity index (χ2n) is 8.40. The highest BCUT2D eigenvalue weighted by Crippen LogP contribution is 2.43. The third-order valence-electron chi connectivity index (χ3n) is 6.11.